The van der Waals surface area contributed by atoms with Gasteiger partial charge in [-0.15, -0.1) is 0 Å². The van der Waals surface area contributed by atoms with E-state index in [9.17, 15) is 14.7 Å². The molecule has 37 heavy (non-hydrogen) atoms. The van der Waals surface area contributed by atoms with Crippen LogP contribution < -0.4 is 4.74 Å². The second-order valence-corrected chi connectivity index (χ2v) is 9.79. The van der Waals surface area contributed by atoms with Crippen molar-refractivity contribution in [1.82, 2.24) is 9.80 Å². The van der Waals surface area contributed by atoms with Gasteiger partial charge in [0, 0.05) is 31.7 Å². The molecule has 2 heterocycles. The fourth-order valence-corrected chi connectivity index (χ4v) is 4.90. The molecule has 1 N–H and O–H groups in total. The van der Waals surface area contributed by atoms with Crippen molar-refractivity contribution in [2.24, 2.45) is 0 Å². The van der Waals surface area contributed by atoms with Crippen molar-refractivity contribution in [2.45, 2.75) is 45.6 Å². The number of ketones is 1. The van der Waals surface area contributed by atoms with Gasteiger partial charge in [0.25, 0.3) is 11.7 Å². The van der Waals surface area contributed by atoms with Crippen LogP contribution in [0.15, 0.2) is 54.1 Å². The molecule has 198 valence electrons. The largest absolute Gasteiger partial charge is 0.507 e. The van der Waals surface area contributed by atoms with Gasteiger partial charge in [0.1, 0.15) is 11.5 Å². The third-order valence-electron chi connectivity index (χ3n) is 7.05. The summed E-state index contributed by atoms with van der Waals surface area (Å²) in [5.41, 5.74) is 2.49. The molecule has 1 unspecified atom stereocenters. The van der Waals surface area contributed by atoms with E-state index in [-0.39, 0.29) is 11.3 Å². The zero-order chi connectivity index (χ0) is 26.2. The number of hydrogen-bond acceptors (Lipinski definition) is 6. The molecule has 0 radical (unpaired) electrons. The van der Waals surface area contributed by atoms with Crippen molar-refractivity contribution in [1.29, 1.82) is 0 Å². The third kappa shape index (κ3) is 6.59. The van der Waals surface area contributed by atoms with Crippen LogP contribution in [0, 0.1) is 6.92 Å². The maximum atomic E-state index is 13.3. The van der Waals surface area contributed by atoms with Gasteiger partial charge < -0.3 is 19.5 Å². The molecule has 0 bridgehead atoms. The molecular formula is C30H38N2O5. The molecule has 2 aromatic carbocycles. The molecule has 7 heteroatoms. The lowest BCUT2D eigenvalue weighted by molar-refractivity contribution is -0.140. The first kappa shape index (κ1) is 26.9. The van der Waals surface area contributed by atoms with E-state index in [1.807, 2.05) is 43.3 Å². The number of benzene rings is 2. The lowest BCUT2D eigenvalue weighted by atomic mass is 9.95. The molecule has 7 nitrogen and oxygen atoms in total. The minimum atomic E-state index is -0.653. The number of aliphatic hydroxyl groups excluding tert-OH is 1. The summed E-state index contributed by atoms with van der Waals surface area (Å²) in [6.45, 7) is 9.19. The van der Waals surface area contributed by atoms with Crippen LogP contribution in [0.1, 0.15) is 55.3 Å². The number of nitrogens with zero attached hydrogens (tertiary/aromatic N) is 2. The first-order valence-electron chi connectivity index (χ1n) is 13.4. The number of rotatable bonds is 11. The van der Waals surface area contributed by atoms with Crippen LogP contribution in [-0.4, -0.2) is 72.6 Å². The van der Waals surface area contributed by atoms with E-state index >= 15 is 0 Å². The van der Waals surface area contributed by atoms with E-state index in [4.69, 9.17) is 9.47 Å². The van der Waals surface area contributed by atoms with E-state index in [0.717, 1.165) is 62.2 Å². The maximum Gasteiger partial charge on any atom is 0.295 e. The Labute approximate surface area is 219 Å². The van der Waals surface area contributed by atoms with E-state index in [2.05, 4.69) is 11.8 Å². The molecular weight excluding hydrogens is 468 g/mol. The monoisotopic (exact) mass is 506 g/mol. The molecule has 2 aliphatic rings. The summed E-state index contributed by atoms with van der Waals surface area (Å²) in [5, 5.41) is 11.2. The first-order chi connectivity index (χ1) is 18.0. The molecule has 0 spiro atoms. The Morgan fingerprint density at radius 2 is 1.68 bits per heavy atom. The second kappa shape index (κ2) is 12.9. The van der Waals surface area contributed by atoms with E-state index < -0.39 is 17.7 Å². The van der Waals surface area contributed by atoms with Crippen molar-refractivity contribution in [3.05, 3.63) is 70.8 Å². The van der Waals surface area contributed by atoms with E-state index in [1.165, 1.54) is 0 Å². The number of unbranched alkanes of at least 4 members (excludes halogenated alkanes) is 2. The number of hydrogen-bond donors (Lipinski definition) is 1. The molecule has 0 aliphatic carbocycles. The van der Waals surface area contributed by atoms with Crippen LogP contribution in [0.5, 0.6) is 5.75 Å². The number of morpholine rings is 1. The second-order valence-electron chi connectivity index (χ2n) is 9.79. The maximum absolute atomic E-state index is 13.3. The lowest BCUT2D eigenvalue weighted by Crippen LogP contribution is -2.38. The quantitative estimate of drug-likeness (QED) is 0.206. The van der Waals surface area contributed by atoms with Crippen molar-refractivity contribution in [3.63, 3.8) is 0 Å². The van der Waals surface area contributed by atoms with Gasteiger partial charge in [0.2, 0.25) is 0 Å². The highest BCUT2D eigenvalue weighted by atomic mass is 16.5. The summed E-state index contributed by atoms with van der Waals surface area (Å²) >= 11 is 0. The molecule has 0 saturated carbocycles. The van der Waals surface area contributed by atoms with Crippen LogP contribution in [0.4, 0.5) is 0 Å². The summed E-state index contributed by atoms with van der Waals surface area (Å²) in [6.07, 6.45) is 3.98. The highest BCUT2D eigenvalue weighted by Crippen LogP contribution is 2.40. The summed E-state index contributed by atoms with van der Waals surface area (Å²) < 4.78 is 11.3. The van der Waals surface area contributed by atoms with Crippen LogP contribution >= 0.6 is 0 Å². The molecule has 1 atom stereocenters. The highest BCUT2D eigenvalue weighted by Gasteiger charge is 2.45. The van der Waals surface area contributed by atoms with Crippen molar-refractivity contribution in [3.8, 4) is 5.75 Å². The molecule has 2 saturated heterocycles. The zero-order valence-electron chi connectivity index (χ0n) is 21.9. The number of carbonyl (C=O) groups is 2. The Kier molecular flexibility index (Phi) is 9.36. The van der Waals surface area contributed by atoms with Gasteiger partial charge in [-0.05, 0) is 37.5 Å². The minimum Gasteiger partial charge on any atom is -0.507 e. The van der Waals surface area contributed by atoms with Gasteiger partial charge in [-0.2, -0.15) is 0 Å². The topological polar surface area (TPSA) is 79.3 Å². The van der Waals surface area contributed by atoms with Crippen molar-refractivity contribution < 1.29 is 24.2 Å². The number of aryl methyl sites for hydroxylation is 1. The van der Waals surface area contributed by atoms with Crippen molar-refractivity contribution >= 4 is 17.4 Å². The molecule has 2 fully saturated rings. The smallest absolute Gasteiger partial charge is 0.295 e. The predicted octanol–water partition coefficient (Wildman–Crippen LogP) is 4.71. The summed E-state index contributed by atoms with van der Waals surface area (Å²) in [4.78, 5) is 30.4. The Hall–Kier alpha value is -3.16. The van der Waals surface area contributed by atoms with Gasteiger partial charge in [0.15, 0.2) is 0 Å². The molecule has 0 aromatic heterocycles. The number of ether oxygens (including phenoxy) is 2. The number of carbonyl (C=O) groups excluding carboxylic acids is 2. The van der Waals surface area contributed by atoms with Gasteiger partial charge in [-0.3, -0.25) is 14.5 Å². The average molecular weight is 507 g/mol. The third-order valence-corrected chi connectivity index (χ3v) is 7.05. The first-order valence-corrected chi connectivity index (χ1v) is 13.4. The highest BCUT2D eigenvalue weighted by molar-refractivity contribution is 6.46. The number of Topliss-reactive ketones (excluding diaryl/α,β-unsaturated/α-hetero) is 1. The predicted molar refractivity (Wildman–Crippen MR) is 144 cm³/mol. The van der Waals surface area contributed by atoms with Gasteiger partial charge >= 0.3 is 0 Å². The zero-order valence-corrected chi connectivity index (χ0v) is 21.9. The Balaban J connectivity index is 1.60. The van der Waals surface area contributed by atoms with Crippen LogP contribution in [0.25, 0.3) is 5.76 Å². The Bertz CT molecular complexity index is 1090. The standard InChI is InChI=1S/C30H38N2O5/c1-3-4-5-19-37-25-13-11-23(12-14-25)27-26(28(33)24-9-7-22(2)8-10-24)29(34)30(35)32(27)16-6-15-31-17-20-36-21-18-31/h7-14,27,33H,3-6,15-21H2,1-2H3. The molecule has 1 amide bonds. The molecule has 2 aliphatic heterocycles. The Morgan fingerprint density at radius 3 is 2.35 bits per heavy atom. The average Bonchev–Trinajstić information content (AvgIpc) is 3.17. The SMILES string of the molecule is CCCCCOc1ccc(C2C(=C(O)c3ccc(C)cc3)C(=O)C(=O)N2CCCN2CCOCC2)cc1. The van der Waals surface area contributed by atoms with Crippen LogP contribution in [-0.2, 0) is 14.3 Å². The number of aliphatic hydroxyl groups is 1. The van der Waals surface area contributed by atoms with Gasteiger partial charge in [-0.1, -0.05) is 61.7 Å². The number of amides is 1. The minimum absolute atomic E-state index is 0.136. The Morgan fingerprint density at radius 1 is 0.973 bits per heavy atom. The normalized spacial score (nSPS) is 19.9. The lowest BCUT2D eigenvalue weighted by Gasteiger charge is -2.29. The van der Waals surface area contributed by atoms with E-state index in [0.29, 0.717) is 31.9 Å². The summed E-state index contributed by atoms with van der Waals surface area (Å²) in [5.74, 6) is -0.601. The summed E-state index contributed by atoms with van der Waals surface area (Å²) in [7, 11) is 0. The van der Waals surface area contributed by atoms with Crippen molar-refractivity contribution in [2.75, 3.05) is 46.0 Å². The molecule has 2 aromatic rings. The number of likely N-dealkylation sites (tertiary alicyclic amines) is 1. The summed E-state index contributed by atoms with van der Waals surface area (Å²) in [6, 6.07) is 14.2. The van der Waals surface area contributed by atoms with Gasteiger partial charge in [0.05, 0.1) is 31.4 Å². The van der Waals surface area contributed by atoms with Gasteiger partial charge in [-0.25, -0.2) is 0 Å². The van der Waals surface area contributed by atoms with Crippen LogP contribution in [0.3, 0.4) is 0 Å². The van der Waals surface area contributed by atoms with E-state index in [1.54, 1.807) is 17.0 Å². The fourth-order valence-electron chi connectivity index (χ4n) is 4.90. The molecule has 4 rings (SSSR count). The van der Waals surface area contributed by atoms with Crippen LogP contribution in [0.2, 0.25) is 0 Å². The fraction of sp³-hybridized carbons (Fsp3) is 0.467.